The maximum absolute atomic E-state index is 12.3. The van der Waals surface area contributed by atoms with Crippen LogP contribution in [-0.4, -0.2) is 26.2 Å². The number of urea groups is 1. The van der Waals surface area contributed by atoms with Crippen LogP contribution in [0.3, 0.4) is 0 Å². The van der Waals surface area contributed by atoms with Gasteiger partial charge in [0.1, 0.15) is 11.5 Å². The maximum Gasteiger partial charge on any atom is 0.323 e. The summed E-state index contributed by atoms with van der Waals surface area (Å²) in [6, 6.07) is 15.8. The number of amides is 3. The number of hydrogen-bond acceptors (Lipinski definition) is 5. The van der Waals surface area contributed by atoms with E-state index < -0.39 is 6.03 Å². The number of methoxy groups -OCH3 is 2. The molecule has 0 fully saturated rings. The standard InChI is InChI=1S/C22H23N3O4S/c1-28-17-9-10-19(20(13-17)29-2)25-22(27)24-16-7-5-15(6-8-16)12-21(26)23-14-18-4-3-11-30-18/h3-11,13H,12,14H2,1-2H3,(H,23,26)(H2,24,25,27). The van der Waals surface area contributed by atoms with E-state index >= 15 is 0 Å². The Kier molecular flexibility index (Phi) is 7.29. The molecule has 30 heavy (non-hydrogen) atoms. The van der Waals surface area contributed by atoms with Crippen LogP contribution in [0.25, 0.3) is 0 Å². The molecular formula is C22H23N3O4S. The van der Waals surface area contributed by atoms with Crippen molar-refractivity contribution in [2.24, 2.45) is 0 Å². The lowest BCUT2D eigenvalue weighted by atomic mass is 10.1. The molecule has 8 heteroatoms. The zero-order valence-electron chi connectivity index (χ0n) is 16.7. The number of carbonyl (C=O) groups is 2. The average Bonchev–Trinajstić information content (AvgIpc) is 3.27. The molecule has 3 rings (SSSR count). The summed E-state index contributed by atoms with van der Waals surface area (Å²) in [6.07, 6.45) is 0.279. The van der Waals surface area contributed by atoms with Crippen LogP contribution in [0.1, 0.15) is 10.4 Å². The van der Waals surface area contributed by atoms with Crippen molar-refractivity contribution in [2.45, 2.75) is 13.0 Å². The van der Waals surface area contributed by atoms with E-state index in [4.69, 9.17) is 9.47 Å². The largest absolute Gasteiger partial charge is 0.497 e. The second-order valence-electron chi connectivity index (χ2n) is 6.38. The Morgan fingerprint density at radius 3 is 2.43 bits per heavy atom. The van der Waals surface area contributed by atoms with Gasteiger partial charge < -0.3 is 25.4 Å². The fraction of sp³-hybridized carbons (Fsp3) is 0.182. The summed E-state index contributed by atoms with van der Waals surface area (Å²) in [6.45, 7) is 0.533. The Balaban J connectivity index is 1.51. The van der Waals surface area contributed by atoms with E-state index in [2.05, 4.69) is 16.0 Å². The van der Waals surface area contributed by atoms with Crippen LogP contribution in [0.4, 0.5) is 16.2 Å². The molecule has 0 radical (unpaired) electrons. The Morgan fingerprint density at radius 2 is 1.77 bits per heavy atom. The first-order valence-electron chi connectivity index (χ1n) is 9.25. The summed E-state index contributed by atoms with van der Waals surface area (Å²) in [7, 11) is 3.08. The van der Waals surface area contributed by atoms with Crippen molar-refractivity contribution < 1.29 is 19.1 Å². The quantitative estimate of drug-likeness (QED) is 0.503. The van der Waals surface area contributed by atoms with Crippen molar-refractivity contribution in [1.29, 1.82) is 0 Å². The minimum atomic E-state index is -0.403. The molecule has 3 aromatic rings. The van der Waals surface area contributed by atoms with Gasteiger partial charge in [-0.05, 0) is 41.3 Å². The number of rotatable bonds is 8. The molecule has 0 unspecified atom stereocenters. The van der Waals surface area contributed by atoms with Crippen LogP contribution in [0, 0.1) is 0 Å². The first-order valence-corrected chi connectivity index (χ1v) is 10.1. The lowest BCUT2D eigenvalue weighted by Gasteiger charge is -2.12. The molecule has 0 bridgehead atoms. The third kappa shape index (κ3) is 5.99. The molecule has 0 spiro atoms. The number of carbonyl (C=O) groups excluding carboxylic acids is 2. The van der Waals surface area contributed by atoms with Gasteiger partial charge in [0.2, 0.25) is 5.91 Å². The molecule has 0 saturated carbocycles. The van der Waals surface area contributed by atoms with E-state index in [-0.39, 0.29) is 12.3 Å². The maximum atomic E-state index is 12.3. The summed E-state index contributed by atoms with van der Waals surface area (Å²) in [5.41, 5.74) is 2.00. The zero-order valence-corrected chi connectivity index (χ0v) is 17.5. The summed E-state index contributed by atoms with van der Waals surface area (Å²) in [5, 5.41) is 10.4. The van der Waals surface area contributed by atoms with Gasteiger partial charge in [-0.2, -0.15) is 0 Å². The topological polar surface area (TPSA) is 88.7 Å². The SMILES string of the molecule is COc1ccc(NC(=O)Nc2ccc(CC(=O)NCc3cccs3)cc2)c(OC)c1. The number of anilines is 2. The molecule has 3 amide bonds. The predicted molar refractivity (Wildman–Crippen MR) is 118 cm³/mol. The van der Waals surface area contributed by atoms with Gasteiger partial charge in [-0.25, -0.2) is 4.79 Å². The molecule has 2 aromatic carbocycles. The molecule has 7 nitrogen and oxygen atoms in total. The summed E-state index contributed by atoms with van der Waals surface area (Å²) < 4.78 is 10.4. The van der Waals surface area contributed by atoms with E-state index in [0.29, 0.717) is 29.4 Å². The van der Waals surface area contributed by atoms with Gasteiger partial charge in [0.25, 0.3) is 0 Å². The third-order valence-corrected chi connectivity index (χ3v) is 5.15. The molecule has 3 N–H and O–H groups in total. The van der Waals surface area contributed by atoms with Crippen molar-refractivity contribution >= 4 is 34.6 Å². The fourth-order valence-electron chi connectivity index (χ4n) is 2.74. The highest BCUT2D eigenvalue weighted by molar-refractivity contribution is 7.09. The molecule has 0 aliphatic heterocycles. The van der Waals surface area contributed by atoms with Gasteiger partial charge >= 0.3 is 6.03 Å². The van der Waals surface area contributed by atoms with Gasteiger partial charge in [-0.3, -0.25) is 4.79 Å². The van der Waals surface area contributed by atoms with Gasteiger partial charge in [0.15, 0.2) is 0 Å². The second kappa shape index (κ2) is 10.3. The van der Waals surface area contributed by atoms with Gasteiger partial charge in [-0.1, -0.05) is 18.2 Å². The molecule has 1 aromatic heterocycles. The highest BCUT2D eigenvalue weighted by Crippen LogP contribution is 2.29. The van der Waals surface area contributed by atoms with Crippen LogP contribution < -0.4 is 25.4 Å². The number of benzene rings is 2. The highest BCUT2D eigenvalue weighted by atomic mass is 32.1. The molecule has 0 saturated heterocycles. The number of nitrogens with one attached hydrogen (secondary N) is 3. The molecule has 0 atom stereocenters. The Bertz CT molecular complexity index is 988. The molecule has 156 valence electrons. The van der Waals surface area contributed by atoms with Crippen LogP contribution in [0.2, 0.25) is 0 Å². The van der Waals surface area contributed by atoms with Crippen molar-refractivity contribution in [3.8, 4) is 11.5 Å². The van der Waals surface area contributed by atoms with Crippen molar-refractivity contribution in [3.05, 3.63) is 70.4 Å². The van der Waals surface area contributed by atoms with Crippen molar-refractivity contribution in [1.82, 2.24) is 5.32 Å². The van der Waals surface area contributed by atoms with Crippen molar-refractivity contribution in [2.75, 3.05) is 24.9 Å². The second-order valence-corrected chi connectivity index (χ2v) is 7.41. The highest BCUT2D eigenvalue weighted by Gasteiger charge is 2.10. The smallest absolute Gasteiger partial charge is 0.323 e. The lowest BCUT2D eigenvalue weighted by Crippen LogP contribution is -2.24. The zero-order chi connectivity index (χ0) is 21.3. The minimum Gasteiger partial charge on any atom is -0.497 e. The van der Waals surface area contributed by atoms with Crippen LogP contribution in [0.5, 0.6) is 11.5 Å². The lowest BCUT2D eigenvalue weighted by molar-refractivity contribution is -0.120. The van der Waals surface area contributed by atoms with E-state index in [1.165, 1.54) is 7.11 Å². The summed E-state index contributed by atoms with van der Waals surface area (Å²) in [4.78, 5) is 25.5. The van der Waals surface area contributed by atoms with E-state index in [1.54, 1.807) is 48.8 Å². The molecule has 1 heterocycles. The predicted octanol–water partition coefficient (Wildman–Crippen LogP) is 4.27. The average molecular weight is 426 g/mol. The third-order valence-electron chi connectivity index (χ3n) is 4.27. The minimum absolute atomic E-state index is 0.0477. The van der Waals surface area contributed by atoms with Crippen molar-refractivity contribution in [3.63, 3.8) is 0 Å². The molecule has 0 aliphatic carbocycles. The van der Waals surface area contributed by atoms with Crippen LogP contribution in [0.15, 0.2) is 60.0 Å². The first kappa shape index (κ1) is 21.2. The summed E-state index contributed by atoms with van der Waals surface area (Å²) in [5.74, 6) is 1.08. The number of ether oxygens (including phenoxy) is 2. The van der Waals surface area contributed by atoms with Crippen LogP contribution in [-0.2, 0) is 17.8 Å². The molecular weight excluding hydrogens is 402 g/mol. The van der Waals surface area contributed by atoms with Gasteiger partial charge in [0.05, 0.1) is 32.9 Å². The summed E-state index contributed by atoms with van der Waals surface area (Å²) >= 11 is 1.61. The number of hydrogen-bond donors (Lipinski definition) is 3. The first-order chi connectivity index (χ1) is 14.6. The normalized spacial score (nSPS) is 10.2. The monoisotopic (exact) mass is 425 g/mol. The van der Waals surface area contributed by atoms with E-state index in [1.807, 2.05) is 29.6 Å². The number of thiophene rings is 1. The van der Waals surface area contributed by atoms with E-state index in [0.717, 1.165) is 10.4 Å². The van der Waals surface area contributed by atoms with Gasteiger partial charge in [0, 0.05) is 16.6 Å². The molecule has 0 aliphatic rings. The fourth-order valence-corrected chi connectivity index (χ4v) is 3.38. The Morgan fingerprint density at radius 1 is 0.967 bits per heavy atom. The van der Waals surface area contributed by atoms with Gasteiger partial charge in [-0.15, -0.1) is 11.3 Å². The Hall–Kier alpha value is -3.52. The van der Waals surface area contributed by atoms with E-state index in [9.17, 15) is 9.59 Å². The Labute approximate surface area is 179 Å². The van der Waals surface area contributed by atoms with Crippen LogP contribution >= 0.6 is 11.3 Å².